The highest BCUT2D eigenvalue weighted by atomic mass is 32.2. The Hall–Kier alpha value is -2.85. The molecule has 0 aliphatic heterocycles. The van der Waals surface area contributed by atoms with Crippen molar-refractivity contribution in [2.75, 3.05) is 13.2 Å². The maximum Gasteiger partial charge on any atom is 0.225 e. The van der Waals surface area contributed by atoms with Crippen LogP contribution < -0.4 is 10.1 Å². The lowest BCUT2D eigenvalue weighted by Gasteiger charge is -2.08. The van der Waals surface area contributed by atoms with E-state index in [1.807, 2.05) is 0 Å². The minimum atomic E-state index is -3.32. The Morgan fingerprint density at radius 2 is 1.79 bits per heavy atom. The molecule has 28 heavy (non-hydrogen) atoms. The summed E-state index contributed by atoms with van der Waals surface area (Å²) in [6.07, 6.45) is 0.120. The van der Waals surface area contributed by atoms with Gasteiger partial charge in [-0.3, -0.25) is 4.79 Å². The molecule has 0 aromatic heterocycles. The number of carbonyl (C=O) groups is 1. The first-order valence-electron chi connectivity index (χ1n) is 8.73. The Labute approximate surface area is 164 Å². The van der Waals surface area contributed by atoms with Crippen molar-refractivity contribution in [2.24, 2.45) is 0 Å². The molecular weight excluding hydrogens is 381 g/mol. The average Bonchev–Trinajstić information content (AvgIpc) is 2.66. The van der Waals surface area contributed by atoms with Crippen molar-refractivity contribution in [1.82, 2.24) is 5.32 Å². The highest BCUT2D eigenvalue weighted by Gasteiger charge is 2.18. The summed E-state index contributed by atoms with van der Waals surface area (Å²) < 4.78 is 42.7. The van der Waals surface area contributed by atoms with Crippen molar-refractivity contribution in [3.8, 4) is 17.6 Å². The van der Waals surface area contributed by atoms with Crippen LogP contribution in [0.15, 0.2) is 53.4 Å². The van der Waals surface area contributed by atoms with Gasteiger partial charge in [-0.25, -0.2) is 12.8 Å². The van der Waals surface area contributed by atoms with Crippen LogP contribution in [-0.4, -0.2) is 32.7 Å². The number of hydrogen-bond donors (Lipinski definition) is 1. The van der Waals surface area contributed by atoms with Crippen molar-refractivity contribution in [3.63, 3.8) is 0 Å². The van der Waals surface area contributed by atoms with Gasteiger partial charge in [-0.2, -0.15) is 0 Å². The van der Waals surface area contributed by atoms with Gasteiger partial charge in [-0.05, 0) is 43.7 Å². The molecule has 0 aliphatic carbocycles. The molecule has 2 aromatic rings. The Kier molecular flexibility index (Phi) is 7.59. The second kappa shape index (κ2) is 9.90. The van der Waals surface area contributed by atoms with Crippen LogP contribution in [0.2, 0.25) is 0 Å². The quantitative estimate of drug-likeness (QED) is 0.722. The van der Waals surface area contributed by atoms with Crippen LogP contribution in [-0.2, 0) is 21.1 Å². The molecule has 0 radical (unpaired) electrons. The second-order valence-electron chi connectivity index (χ2n) is 6.26. The van der Waals surface area contributed by atoms with E-state index in [9.17, 15) is 17.6 Å². The first-order valence-corrected chi connectivity index (χ1v) is 10.3. The van der Waals surface area contributed by atoms with Crippen LogP contribution in [0.5, 0.6) is 5.75 Å². The van der Waals surface area contributed by atoms with Crippen LogP contribution in [0.3, 0.4) is 0 Å². The van der Waals surface area contributed by atoms with E-state index in [2.05, 4.69) is 17.2 Å². The average molecular weight is 403 g/mol. The number of rotatable bonds is 7. The topological polar surface area (TPSA) is 72.5 Å². The van der Waals surface area contributed by atoms with E-state index in [0.717, 1.165) is 0 Å². The molecule has 0 bridgehead atoms. The van der Waals surface area contributed by atoms with E-state index in [0.29, 0.717) is 5.56 Å². The monoisotopic (exact) mass is 403 g/mol. The van der Waals surface area contributed by atoms with Gasteiger partial charge in [0.15, 0.2) is 21.4 Å². The van der Waals surface area contributed by atoms with Gasteiger partial charge in [-0.1, -0.05) is 36.1 Å². The zero-order chi connectivity index (χ0) is 20.6. The molecule has 7 heteroatoms. The van der Waals surface area contributed by atoms with Crippen molar-refractivity contribution >= 4 is 15.7 Å². The van der Waals surface area contributed by atoms with Gasteiger partial charge < -0.3 is 10.1 Å². The first kappa shape index (κ1) is 21.5. The minimum Gasteiger partial charge on any atom is -0.478 e. The van der Waals surface area contributed by atoms with Gasteiger partial charge in [0.05, 0.1) is 23.1 Å². The number of carbonyl (C=O) groups excluding carboxylic acids is 1. The van der Waals surface area contributed by atoms with E-state index in [1.54, 1.807) is 38.1 Å². The largest absolute Gasteiger partial charge is 0.478 e. The summed E-state index contributed by atoms with van der Waals surface area (Å²) in [5, 5.41) is 2.15. The van der Waals surface area contributed by atoms with E-state index in [-0.39, 0.29) is 36.1 Å². The fourth-order valence-electron chi connectivity index (χ4n) is 2.25. The minimum absolute atomic E-state index is 0.0165. The number of amides is 1. The number of halogens is 1. The molecule has 0 atom stereocenters. The van der Waals surface area contributed by atoms with Gasteiger partial charge in [0.1, 0.15) is 6.61 Å². The Balaban J connectivity index is 1.77. The third-order valence-electron chi connectivity index (χ3n) is 3.87. The molecule has 0 spiro atoms. The smallest absolute Gasteiger partial charge is 0.225 e. The lowest BCUT2D eigenvalue weighted by molar-refractivity contribution is -0.120. The van der Waals surface area contributed by atoms with Crippen LogP contribution in [0.25, 0.3) is 0 Å². The van der Waals surface area contributed by atoms with Crippen molar-refractivity contribution in [2.45, 2.75) is 30.4 Å². The molecule has 0 saturated carbocycles. The number of para-hydroxylation sites is 1. The normalized spacial score (nSPS) is 10.9. The van der Waals surface area contributed by atoms with Crippen LogP contribution in [0, 0.1) is 17.7 Å². The lowest BCUT2D eigenvalue weighted by Crippen LogP contribution is -2.25. The first-order chi connectivity index (χ1) is 13.3. The van der Waals surface area contributed by atoms with Crippen molar-refractivity contribution in [1.29, 1.82) is 0 Å². The number of sulfone groups is 1. The Bertz CT molecular complexity index is 973. The molecule has 148 valence electrons. The van der Waals surface area contributed by atoms with Crippen molar-refractivity contribution in [3.05, 3.63) is 59.9 Å². The Morgan fingerprint density at radius 1 is 1.11 bits per heavy atom. The summed E-state index contributed by atoms with van der Waals surface area (Å²) in [5.41, 5.74) is 0.705. The van der Waals surface area contributed by atoms with E-state index in [1.165, 1.54) is 24.3 Å². The third kappa shape index (κ3) is 6.10. The summed E-state index contributed by atoms with van der Waals surface area (Å²) in [7, 11) is -3.32. The third-order valence-corrected chi connectivity index (χ3v) is 6.04. The lowest BCUT2D eigenvalue weighted by atomic mass is 10.1. The van der Waals surface area contributed by atoms with Crippen molar-refractivity contribution < 1.29 is 22.3 Å². The predicted octanol–water partition coefficient (Wildman–Crippen LogP) is 2.75. The molecule has 0 aliphatic rings. The predicted molar refractivity (Wildman–Crippen MR) is 105 cm³/mol. The molecule has 0 saturated heterocycles. The molecule has 0 unspecified atom stereocenters. The molecule has 1 amide bonds. The zero-order valence-corrected chi connectivity index (χ0v) is 16.6. The number of benzene rings is 2. The van der Waals surface area contributed by atoms with Gasteiger partial charge in [0, 0.05) is 0 Å². The summed E-state index contributed by atoms with van der Waals surface area (Å²) in [6.45, 7) is 3.40. The molecule has 1 N–H and O–H groups in total. The number of nitrogens with one attached hydrogen (secondary N) is 1. The highest BCUT2D eigenvalue weighted by molar-refractivity contribution is 7.92. The van der Waals surface area contributed by atoms with Gasteiger partial charge in [-0.15, -0.1) is 0 Å². The summed E-state index contributed by atoms with van der Waals surface area (Å²) in [4.78, 5) is 12.2. The van der Waals surface area contributed by atoms with Crippen LogP contribution >= 0.6 is 0 Å². The molecule has 5 nitrogen and oxygen atoms in total. The van der Waals surface area contributed by atoms with Crippen LogP contribution in [0.4, 0.5) is 4.39 Å². The molecule has 2 rings (SSSR count). The molecule has 2 aromatic carbocycles. The fourth-order valence-corrected chi connectivity index (χ4v) is 3.31. The van der Waals surface area contributed by atoms with E-state index < -0.39 is 20.9 Å². The van der Waals surface area contributed by atoms with Crippen LogP contribution in [0.1, 0.15) is 19.4 Å². The number of ether oxygens (including phenoxy) is 1. The summed E-state index contributed by atoms with van der Waals surface area (Å²) >= 11 is 0. The molecular formula is C21H22FNO4S. The maximum atomic E-state index is 13.3. The highest BCUT2D eigenvalue weighted by Crippen LogP contribution is 2.17. The van der Waals surface area contributed by atoms with Gasteiger partial charge in [0.2, 0.25) is 5.91 Å². The number of hydrogen-bond acceptors (Lipinski definition) is 4. The Morgan fingerprint density at radius 3 is 2.43 bits per heavy atom. The standard InChI is InChI=1S/C21H22FNO4S/c1-16(2)28(25,26)18-11-9-17(10-12-18)15-21(24)23-13-5-6-14-27-20-8-4-3-7-19(20)22/h3-4,7-12,16H,13-15H2,1-2H3,(H,23,24). The molecule has 0 heterocycles. The van der Waals surface area contributed by atoms with Gasteiger partial charge >= 0.3 is 0 Å². The summed E-state index contributed by atoms with van der Waals surface area (Å²) in [6, 6.07) is 12.3. The zero-order valence-electron chi connectivity index (χ0n) is 15.7. The maximum absolute atomic E-state index is 13.3. The second-order valence-corrected chi connectivity index (χ2v) is 8.77. The summed E-state index contributed by atoms with van der Waals surface area (Å²) in [5.74, 6) is 4.86. The molecule has 0 fully saturated rings. The van der Waals surface area contributed by atoms with Gasteiger partial charge in [0.25, 0.3) is 0 Å². The van der Waals surface area contributed by atoms with E-state index >= 15 is 0 Å². The fraction of sp³-hybridized carbons (Fsp3) is 0.286. The SMILES string of the molecule is CC(C)S(=O)(=O)c1ccc(CC(=O)NCC#CCOc2ccccc2F)cc1. The van der Waals surface area contributed by atoms with E-state index in [4.69, 9.17) is 4.74 Å².